The third kappa shape index (κ3) is 34.0. The first-order valence-electron chi connectivity index (χ1n) is 19.2. The van der Waals surface area contributed by atoms with E-state index >= 15 is 0 Å². The molecule has 0 saturated heterocycles. The monoisotopic (exact) mass is 782 g/mol. The van der Waals surface area contributed by atoms with Gasteiger partial charge in [0.1, 0.15) is 5.54 Å². The molecule has 4 N–H and O–H groups in total. The molecule has 4 amide bonds. The van der Waals surface area contributed by atoms with E-state index in [1.54, 1.807) is 0 Å². The summed E-state index contributed by atoms with van der Waals surface area (Å²) in [6, 6.07) is 0. The van der Waals surface area contributed by atoms with Crippen molar-refractivity contribution in [1.82, 2.24) is 21.3 Å². The predicted molar refractivity (Wildman–Crippen MR) is 199 cm³/mol. The molecular weight excluding hydrogens is 712 g/mol. The quantitative estimate of drug-likeness (QED) is 0.0603. The minimum atomic E-state index is -1.22. The first-order chi connectivity index (χ1) is 26.3. The summed E-state index contributed by atoms with van der Waals surface area (Å²) < 4.78 is 55.2. The molecule has 0 aromatic carbocycles. The summed E-state index contributed by atoms with van der Waals surface area (Å²) in [5.41, 5.74) is -1.22. The van der Waals surface area contributed by atoms with Gasteiger partial charge in [-0.1, -0.05) is 0 Å². The first-order valence-corrected chi connectivity index (χ1v) is 19.2. The molecule has 0 fully saturated rings. The van der Waals surface area contributed by atoms with Crippen LogP contribution in [0.2, 0.25) is 0 Å². The Morgan fingerprint density at radius 2 is 0.630 bits per heavy atom. The van der Waals surface area contributed by atoms with Gasteiger partial charge in [0.05, 0.1) is 106 Å². The summed E-state index contributed by atoms with van der Waals surface area (Å²) in [7, 11) is 0. The molecule has 0 aromatic rings. The maximum atomic E-state index is 13.2. The van der Waals surface area contributed by atoms with Gasteiger partial charge in [-0.25, -0.2) is 0 Å². The van der Waals surface area contributed by atoms with E-state index in [1.165, 1.54) is 0 Å². The highest BCUT2D eigenvalue weighted by Gasteiger charge is 2.34. The van der Waals surface area contributed by atoms with E-state index in [1.807, 2.05) is 27.7 Å². The number of hydrogen-bond donors (Lipinski definition) is 4. The SMILES string of the molecule is CCOCCNC(=O)CCOCC(COCCC(=O)NCCOCC)(COCCC(=O)NCCOCC)NC(=O)CCOCCOCCOCCOCC. The number of hydrogen-bond acceptors (Lipinski definition) is 14. The van der Waals surface area contributed by atoms with Crippen molar-refractivity contribution in [3.63, 3.8) is 0 Å². The van der Waals surface area contributed by atoms with Crippen molar-refractivity contribution in [3.8, 4) is 0 Å². The topological polar surface area (TPSA) is 209 Å². The predicted octanol–water partition coefficient (Wildman–Crippen LogP) is -0.00400. The van der Waals surface area contributed by atoms with Crippen LogP contribution in [-0.4, -0.2) is 181 Å². The van der Waals surface area contributed by atoms with E-state index < -0.39 is 5.54 Å². The van der Waals surface area contributed by atoms with Gasteiger partial charge in [-0.3, -0.25) is 19.2 Å². The largest absolute Gasteiger partial charge is 0.380 e. The Morgan fingerprint density at radius 1 is 0.352 bits per heavy atom. The molecule has 0 aliphatic carbocycles. The zero-order chi connectivity index (χ0) is 39.8. The van der Waals surface area contributed by atoms with Crippen LogP contribution in [0.15, 0.2) is 0 Å². The second-order valence-electron chi connectivity index (χ2n) is 11.7. The molecule has 0 heterocycles. The summed E-state index contributed by atoms with van der Waals surface area (Å²) in [5, 5.41) is 11.3. The van der Waals surface area contributed by atoms with Crippen LogP contribution >= 0.6 is 0 Å². The lowest BCUT2D eigenvalue weighted by molar-refractivity contribution is -0.131. The Bertz CT molecular complexity index is 840. The first kappa shape index (κ1) is 51.5. The molecule has 0 spiro atoms. The van der Waals surface area contributed by atoms with Crippen molar-refractivity contribution in [2.75, 3.05) is 152 Å². The standard InChI is InChI=1S/C36H70N4O14/c1-5-45-20-13-37-32(41)9-17-52-29-36(30-53-18-10-33(42)38-14-21-46-6-2,31-54-19-11-34(43)39-15-22-47-7-3)40-35(44)12-16-49-25-26-51-28-27-50-24-23-48-8-4/h5-31H2,1-4H3,(H,37,41)(H,38,42)(H,39,43)(H,40,44). The summed E-state index contributed by atoms with van der Waals surface area (Å²) in [6.07, 6.45) is 0.264. The maximum absolute atomic E-state index is 13.2. The second-order valence-corrected chi connectivity index (χ2v) is 11.7. The highest BCUT2D eigenvalue weighted by Crippen LogP contribution is 2.11. The molecule has 0 bridgehead atoms. The lowest BCUT2D eigenvalue weighted by Crippen LogP contribution is -2.59. The van der Waals surface area contributed by atoms with Gasteiger partial charge in [0.15, 0.2) is 0 Å². The summed E-state index contributed by atoms with van der Waals surface area (Å²) in [5.74, 6) is -0.987. The smallest absolute Gasteiger partial charge is 0.222 e. The van der Waals surface area contributed by atoms with Gasteiger partial charge in [0, 0.05) is 71.7 Å². The lowest BCUT2D eigenvalue weighted by Gasteiger charge is -2.34. The molecule has 0 saturated carbocycles. The van der Waals surface area contributed by atoms with Crippen molar-refractivity contribution >= 4 is 23.6 Å². The van der Waals surface area contributed by atoms with Crippen molar-refractivity contribution in [1.29, 1.82) is 0 Å². The molecule has 0 atom stereocenters. The summed E-state index contributed by atoms with van der Waals surface area (Å²) >= 11 is 0. The number of rotatable bonds is 41. The molecule has 0 aliphatic rings. The molecule has 0 aliphatic heterocycles. The Morgan fingerprint density at radius 3 is 0.981 bits per heavy atom. The molecule has 0 rings (SSSR count). The van der Waals surface area contributed by atoms with Crippen molar-refractivity contribution in [3.05, 3.63) is 0 Å². The van der Waals surface area contributed by atoms with Crippen LogP contribution in [0.4, 0.5) is 0 Å². The fraction of sp³-hybridized carbons (Fsp3) is 0.889. The Kier molecular flexibility index (Phi) is 36.9. The number of carbonyl (C=O) groups is 4. The minimum Gasteiger partial charge on any atom is -0.380 e. The van der Waals surface area contributed by atoms with Crippen LogP contribution in [0.3, 0.4) is 0 Å². The van der Waals surface area contributed by atoms with E-state index in [0.717, 1.165) is 0 Å². The van der Waals surface area contributed by atoms with Gasteiger partial charge in [0.2, 0.25) is 23.6 Å². The van der Waals surface area contributed by atoms with Crippen LogP contribution in [0.5, 0.6) is 0 Å². The molecule has 54 heavy (non-hydrogen) atoms. The fourth-order valence-electron chi connectivity index (χ4n) is 4.34. The molecule has 18 nitrogen and oxygen atoms in total. The zero-order valence-corrected chi connectivity index (χ0v) is 33.3. The third-order valence-electron chi connectivity index (χ3n) is 7.07. The average molecular weight is 783 g/mol. The number of ether oxygens (including phenoxy) is 10. The number of carbonyl (C=O) groups excluding carboxylic acids is 4. The van der Waals surface area contributed by atoms with Crippen LogP contribution < -0.4 is 21.3 Å². The van der Waals surface area contributed by atoms with Gasteiger partial charge >= 0.3 is 0 Å². The maximum Gasteiger partial charge on any atom is 0.222 e. The van der Waals surface area contributed by atoms with Gasteiger partial charge in [-0.05, 0) is 27.7 Å². The normalized spacial score (nSPS) is 11.4. The Hall–Kier alpha value is -2.52. The highest BCUT2D eigenvalue weighted by atomic mass is 16.6. The van der Waals surface area contributed by atoms with Crippen molar-refractivity contribution in [2.24, 2.45) is 0 Å². The summed E-state index contributed by atoms with van der Waals surface area (Å²) in [6.45, 7) is 14.8. The molecule has 318 valence electrons. The number of nitrogens with one attached hydrogen (secondary N) is 4. The fourth-order valence-corrected chi connectivity index (χ4v) is 4.34. The van der Waals surface area contributed by atoms with Gasteiger partial charge in [0.25, 0.3) is 0 Å². The second kappa shape index (κ2) is 38.7. The van der Waals surface area contributed by atoms with Gasteiger partial charge in [-0.2, -0.15) is 0 Å². The van der Waals surface area contributed by atoms with Crippen LogP contribution in [0, 0.1) is 0 Å². The zero-order valence-electron chi connectivity index (χ0n) is 33.3. The molecule has 18 heteroatoms. The van der Waals surface area contributed by atoms with E-state index in [2.05, 4.69) is 21.3 Å². The Balaban J connectivity index is 5.28. The van der Waals surface area contributed by atoms with Crippen molar-refractivity contribution in [2.45, 2.75) is 58.9 Å². The van der Waals surface area contributed by atoms with E-state index in [9.17, 15) is 19.2 Å². The van der Waals surface area contributed by atoms with E-state index in [4.69, 9.17) is 47.4 Å². The van der Waals surface area contributed by atoms with E-state index in [-0.39, 0.29) is 95.6 Å². The lowest BCUT2D eigenvalue weighted by atomic mass is 10.0. The minimum absolute atomic E-state index is 0.0228. The number of amides is 4. The summed E-state index contributed by atoms with van der Waals surface area (Å²) in [4.78, 5) is 50.1. The van der Waals surface area contributed by atoms with Gasteiger partial charge < -0.3 is 68.6 Å². The van der Waals surface area contributed by atoms with Crippen LogP contribution in [0.1, 0.15) is 53.4 Å². The van der Waals surface area contributed by atoms with Gasteiger partial charge in [-0.15, -0.1) is 0 Å². The molecular formula is C36H70N4O14. The molecule has 0 aromatic heterocycles. The Labute approximate surface area is 321 Å². The average Bonchev–Trinajstić information content (AvgIpc) is 3.16. The van der Waals surface area contributed by atoms with Crippen LogP contribution in [0.25, 0.3) is 0 Å². The molecule has 0 unspecified atom stereocenters. The van der Waals surface area contributed by atoms with E-state index in [0.29, 0.717) is 106 Å². The van der Waals surface area contributed by atoms with Crippen molar-refractivity contribution < 1.29 is 66.5 Å². The molecule has 0 radical (unpaired) electrons. The third-order valence-corrected chi connectivity index (χ3v) is 7.07. The van der Waals surface area contributed by atoms with Crippen LogP contribution in [-0.2, 0) is 66.5 Å². The highest BCUT2D eigenvalue weighted by molar-refractivity contribution is 5.77.